The molecule has 0 aliphatic heterocycles. The summed E-state index contributed by atoms with van der Waals surface area (Å²) in [5.41, 5.74) is 0.604. The fourth-order valence-electron chi connectivity index (χ4n) is 4.98. The lowest BCUT2D eigenvalue weighted by molar-refractivity contribution is -0.143. The number of hydrogen-bond donors (Lipinski definition) is 1. The van der Waals surface area contributed by atoms with Crippen molar-refractivity contribution >= 4 is 43.7 Å². The summed E-state index contributed by atoms with van der Waals surface area (Å²) in [7, 11) is -2.20. The summed E-state index contributed by atoms with van der Waals surface area (Å²) in [4.78, 5) is 27.9. The average Bonchev–Trinajstić information content (AvgIpc) is 3.02. The second-order valence-corrected chi connectivity index (χ2v) is 21.6. The number of hydrogen-bond acceptors (Lipinski definition) is 7. The highest BCUT2D eigenvalue weighted by Crippen LogP contribution is 2.38. The Bertz CT molecular complexity index is 1540. The van der Waals surface area contributed by atoms with Crippen molar-refractivity contribution in [2.24, 2.45) is 0 Å². The summed E-state index contributed by atoms with van der Waals surface area (Å²) >= 11 is 8.48. The van der Waals surface area contributed by atoms with Gasteiger partial charge in [0.1, 0.15) is 18.0 Å². The van der Waals surface area contributed by atoms with E-state index in [1.54, 1.807) is 18.7 Å². The van der Waals surface area contributed by atoms with Crippen molar-refractivity contribution in [3.05, 3.63) is 88.9 Å². The Kier molecular flexibility index (Phi) is 15.3. The monoisotopic (exact) mass is 741 g/mol. The fourth-order valence-corrected chi connectivity index (χ4v) is 7.29. The molecule has 1 atom stereocenters. The molecule has 50 heavy (non-hydrogen) atoms. The molecule has 0 fully saturated rings. The molecule has 3 rings (SSSR count). The predicted octanol–water partition coefficient (Wildman–Crippen LogP) is 11.0. The van der Waals surface area contributed by atoms with E-state index in [0.29, 0.717) is 43.9 Å². The molecular formula is C40H56ClNO6SSi. The van der Waals surface area contributed by atoms with Crippen molar-refractivity contribution in [1.82, 2.24) is 5.32 Å². The Labute approximate surface area is 310 Å². The molecule has 0 heterocycles. The average molecular weight is 742 g/mol. The van der Waals surface area contributed by atoms with Crippen molar-refractivity contribution in [3.8, 4) is 5.75 Å². The zero-order valence-corrected chi connectivity index (χ0v) is 33.9. The second kappa shape index (κ2) is 18.5. The molecule has 0 bridgehead atoms. The highest BCUT2D eigenvalue weighted by atomic mass is 35.5. The molecule has 0 spiro atoms. The number of amides is 1. The van der Waals surface area contributed by atoms with Crippen LogP contribution < -0.4 is 10.1 Å². The lowest BCUT2D eigenvalue weighted by Gasteiger charge is -2.42. The number of halogens is 1. The van der Waals surface area contributed by atoms with E-state index in [0.717, 1.165) is 26.7 Å². The van der Waals surface area contributed by atoms with Gasteiger partial charge in [0, 0.05) is 21.2 Å². The molecule has 274 valence electrons. The molecule has 0 aliphatic carbocycles. The normalized spacial score (nSPS) is 13.3. The summed E-state index contributed by atoms with van der Waals surface area (Å²) < 4.78 is 23.7. The smallest absolute Gasteiger partial charge is 0.408 e. The van der Waals surface area contributed by atoms with E-state index in [1.807, 2.05) is 75.4 Å². The zero-order chi connectivity index (χ0) is 37.0. The van der Waals surface area contributed by atoms with Gasteiger partial charge in [0.25, 0.3) is 0 Å². The molecule has 0 radical (unpaired) electrons. The van der Waals surface area contributed by atoms with Crippen molar-refractivity contribution in [2.75, 3.05) is 13.2 Å². The molecule has 0 saturated heterocycles. The van der Waals surface area contributed by atoms with Crippen molar-refractivity contribution in [2.45, 2.75) is 126 Å². The van der Waals surface area contributed by atoms with Gasteiger partial charge in [0.05, 0.1) is 18.8 Å². The fraction of sp³-hybridized carbons (Fsp3) is 0.500. The van der Waals surface area contributed by atoms with Gasteiger partial charge >= 0.3 is 12.1 Å². The van der Waals surface area contributed by atoms with Crippen LogP contribution in [0.4, 0.5) is 4.79 Å². The Morgan fingerprint density at radius 1 is 0.880 bits per heavy atom. The van der Waals surface area contributed by atoms with Crippen molar-refractivity contribution in [3.63, 3.8) is 0 Å². The molecule has 3 aromatic rings. The van der Waals surface area contributed by atoms with Crippen LogP contribution in [0.25, 0.3) is 0 Å². The largest absolute Gasteiger partial charge is 0.489 e. The van der Waals surface area contributed by atoms with Crippen LogP contribution in [0.1, 0.15) is 85.3 Å². The SMILES string of the molecule is CCOC(=O)CCC(CCCc1ccc(Sc2cccc(OCc3ccccc3)c2)cc1Cl)(CO[Si](C)(C)C(C)(C)C)NC(=O)OC(C)(C)C. The Morgan fingerprint density at radius 3 is 2.22 bits per heavy atom. The highest BCUT2D eigenvalue weighted by molar-refractivity contribution is 7.99. The molecule has 0 aliphatic rings. The maximum Gasteiger partial charge on any atom is 0.408 e. The maximum atomic E-state index is 13.2. The molecule has 1 amide bonds. The van der Waals surface area contributed by atoms with Crippen LogP contribution in [-0.2, 0) is 31.7 Å². The number of ether oxygens (including phenoxy) is 3. The van der Waals surface area contributed by atoms with Gasteiger partial charge < -0.3 is 24.0 Å². The summed E-state index contributed by atoms with van der Waals surface area (Å²) in [5, 5.41) is 3.80. The lowest BCUT2D eigenvalue weighted by Crippen LogP contribution is -2.56. The maximum absolute atomic E-state index is 13.2. The minimum absolute atomic E-state index is 0.0322. The van der Waals surface area contributed by atoms with Crippen LogP contribution in [0.2, 0.25) is 23.2 Å². The number of esters is 1. The van der Waals surface area contributed by atoms with E-state index in [9.17, 15) is 9.59 Å². The van der Waals surface area contributed by atoms with E-state index in [2.05, 4.69) is 57.4 Å². The van der Waals surface area contributed by atoms with Gasteiger partial charge in [-0.05, 0) is 113 Å². The number of carbonyl (C=O) groups excluding carboxylic acids is 2. The first-order chi connectivity index (χ1) is 23.4. The van der Waals surface area contributed by atoms with Gasteiger partial charge in [0.2, 0.25) is 0 Å². The van der Waals surface area contributed by atoms with Crippen LogP contribution >= 0.6 is 23.4 Å². The standard InChI is InChI=1S/C40H56ClNO6SSi/c1-10-45-36(43)23-25-40(42-37(44)48-38(2,3)4,29-47-50(8,9)39(5,6)7)24-15-18-31-21-22-34(27-35(31)41)49-33-20-14-19-32(26-33)46-28-30-16-12-11-13-17-30/h11-14,16-17,19-22,26-27H,10,15,18,23-25,28-29H2,1-9H3,(H,42,44). The quantitative estimate of drug-likeness (QED) is 0.109. The summed E-state index contributed by atoms with van der Waals surface area (Å²) in [6, 6.07) is 24.3. The topological polar surface area (TPSA) is 83.1 Å². The summed E-state index contributed by atoms with van der Waals surface area (Å²) in [5.74, 6) is 0.505. The van der Waals surface area contributed by atoms with Crippen LogP contribution in [-0.4, -0.2) is 44.7 Å². The van der Waals surface area contributed by atoms with Gasteiger partial charge in [-0.15, -0.1) is 0 Å². The zero-order valence-electron chi connectivity index (χ0n) is 31.3. The van der Waals surface area contributed by atoms with Gasteiger partial charge in [-0.25, -0.2) is 4.79 Å². The van der Waals surface area contributed by atoms with E-state index >= 15 is 0 Å². The third-order valence-electron chi connectivity index (χ3n) is 8.81. The molecule has 1 N–H and O–H groups in total. The molecule has 7 nitrogen and oxygen atoms in total. The molecule has 0 saturated carbocycles. The van der Waals surface area contributed by atoms with Crippen molar-refractivity contribution in [1.29, 1.82) is 0 Å². The first kappa shape index (κ1) is 41.4. The molecule has 0 aromatic heterocycles. The molecular weight excluding hydrogens is 686 g/mol. The number of carbonyl (C=O) groups is 2. The number of aryl methyl sites for hydroxylation is 1. The molecule has 10 heteroatoms. The van der Waals surface area contributed by atoms with E-state index in [4.69, 9.17) is 30.2 Å². The third-order valence-corrected chi connectivity index (χ3v) is 14.6. The van der Waals surface area contributed by atoms with Crippen LogP contribution in [0.3, 0.4) is 0 Å². The van der Waals surface area contributed by atoms with Gasteiger partial charge in [-0.3, -0.25) is 4.79 Å². The minimum Gasteiger partial charge on any atom is -0.489 e. The summed E-state index contributed by atoms with van der Waals surface area (Å²) in [6.07, 6.45) is 1.92. The van der Waals surface area contributed by atoms with Crippen molar-refractivity contribution < 1.29 is 28.2 Å². The third kappa shape index (κ3) is 14.0. The van der Waals surface area contributed by atoms with Gasteiger partial charge in [0.15, 0.2) is 8.32 Å². The number of rotatable bonds is 17. The Balaban J connectivity index is 1.75. The highest BCUT2D eigenvalue weighted by Gasteiger charge is 2.41. The van der Waals surface area contributed by atoms with Gasteiger partial charge in [-0.1, -0.05) is 86.6 Å². The van der Waals surface area contributed by atoms with Crippen LogP contribution in [0.15, 0.2) is 82.6 Å². The predicted molar refractivity (Wildman–Crippen MR) is 207 cm³/mol. The number of benzene rings is 3. The molecule has 3 aromatic carbocycles. The van der Waals surface area contributed by atoms with Crippen LogP contribution in [0.5, 0.6) is 5.75 Å². The molecule has 1 unspecified atom stereocenters. The van der Waals surface area contributed by atoms with E-state index in [1.165, 1.54) is 0 Å². The second-order valence-electron chi connectivity index (χ2n) is 15.2. The number of nitrogens with one attached hydrogen (secondary N) is 1. The first-order valence-corrected chi connectivity index (χ1v) is 21.5. The Morgan fingerprint density at radius 2 is 1.58 bits per heavy atom. The Hall–Kier alpha value is -2.98. The van der Waals surface area contributed by atoms with E-state index < -0.39 is 25.6 Å². The number of alkyl carbamates (subject to hydrolysis) is 1. The van der Waals surface area contributed by atoms with E-state index in [-0.39, 0.29) is 24.0 Å². The summed E-state index contributed by atoms with van der Waals surface area (Å²) in [6.45, 7) is 19.3. The minimum atomic E-state index is -2.20. The lowest BCUT2D eigenvalue weighted by atomic mass is 9.87. The van der Waals surface area contributed by atoms with Gasteiger partial charge in [-0.2, -0.15) is 0 Å². The first-order valence-electron chi connectivity index (χ1n) is 17.4. The van der Waals surface area contributed by atoms with Crippen LogP contribution in [0, 0.1) is 0 Å².